The molecule has 0 radical (unpaired) electrons. The van der Waals surface area contributed by atoms with E-state index in [0.717, 1.165) is 12.1 Å². The van der Waals surface area contributed by atoms with Gasteiger partial charge >= 0.3 is 6.18 Å². The van der Waals surface area contributed by atoms with Gasteiger partial charge in [0, 0.05) is 24.8 Å². The summed E-state index contributed by atoms with van der Waals surface area (Å²) in [5, 5.41) is 5.88. The quantitative estimate of drug-likeness (QED) is 0.670. The highest BCUT2D eigenvalue weighted by molar-refractivity contribution is 6.00. The third kappa shape index (κ3) is 5.73. The molecule has 0 saturated carbocycles. The van der Waals surface area contributed by atoms with Gasteiger partial charge in [-0.3, -0.25) is 14.5 Å². The molecule has 3 rings (SSSR count). The second-order valence-electron chi connectivity index (χ2n) is 7.24. The second-order valence-corrected chi connectivity index (χ2v) is 7.24. The molecule has 1 fully saturated rings. The summed E-state index contributed by atoms with van der Waals surface area (Å²) in [5.41, 5.74) is 5.44. The van der Waals surface area contributed by atoms with Crippen molar-refractivity contribution in [3.8, 4) is 0 Å². The molecule has 0 bridgehead atoms. The number of carbonyl (C=O) groups excluding carboxylic acids is 2. The Balaban J connectivity index is 1.67. The van der Waals surface area contributed by atoms with Gasteiger partial charge in [0.15, 0.2) is 0 Å². The zero-order valence-corrected chi connectivity index (χ0v) is 16.2. The fourth-order valence-electron chi connectivity index (χ4n) is 3.44. The Labute approximate surface area is 172 Å². The summed E-state index contributed by atoms with van der Waals surface area (Å²) in [7, 11) is 0. The molecule has 30 heavy (non-hydrogen) atoms. The molecule has 0 aromatic heterocycles. The fourth-order valence-corrected chi connectivity index (χ4v) is 3.44. The number of nitrogens with two attached hydrogens (primary N) is 1. The predicted molar refractivity (Wildman–Crippen MR) is 107 cm³/mol. The number of likely N-dealkylation sites (tertiary alicyclic amines) is 1. The van der Waals surface area contributed by atoms with E-state index < -0.39 is 11.7 Å². The SMILES string of the molecule is NC(=O)CN1CCC(NC(=O)c2ccccc2Nc2cccc(C(F)(F)F)c2)CC1. The number of alkyl halides is 3. The number of nitrogens with zero attached hydrogens (tertiary/aromatic N) is 1. The maximum Gasteiger partial charge on any atom is 0.416 e. The van der Waals surface area contributed by atoms with Gasteiger partial charge < -0.3 is 16.4 Å². The predicted octanol–water partition coefficient (Wildman–Crippen LogP) is 3.13. The van der Waals surface area contributed by atoms with Crippen LogP contribution in [0.4, 0.5) is 24.5 Å². The largest absolute Gasteiger partial charge is 0.416 e. The molecule has 1 aliphatic rings. The van der Waals surface area contributed by atoms with Crippen LogP contribution in [0.2, 0.25) is 0 Å². The Hall–Kier alpha value is -3.07. The third-order valence-corrected chi connectivity index (χ3v) is 4.94. The van der Waals surface area contributed by atoms with Gasteiger partial charge in [0.05, 0.1) is 23.4 Å². The zero-order valence-electron chi connectivity index (χ0n) is 16.2. The molecule has 2 amide bonds. The summed E-state index contributed by atoms with van der Waals surface area (Å²) in [6.45, 7) is 1.50. The number of primary amides is 1. The molecule has 1 heterocycles. The Morgan fingerprint density at radius 3 is 2.43 bits per heavy atom. The van der Waals surface area contributed by atoms with E-state index >= 15 is 0 Å². The monoisotopic (exact) mass is 420 g/mol. The average Bonchev–Trinajstić information content (AvgIpc) is 2.69. The summed E-state index contributed by atoms with van der Waals surface area (Å²) >= 11 is 0. The van der Waals surface area contributed by atoms with E-state index in [0.29, 0.717) is 37.2 Å². The molecule has 4 N–H and O–H groups in total. The fraction of sp³-hybridized carbons (Fsp3) is 0.333. The molecule has 6 nitrogen and oxygen atoms in total. The number of piperidine rings is 1. The van der Waals surface area contributed by atoms with Crippen molar-refractivity contribution in [2.24, 2.45) is 5.73 Å². The lowest BCUT2D eigenvalue weighted by atomic mass is 10.0. The highest BCUT2D eigenvalue weighted by Crippen LogP contribution is 2.32. The lowest BCUT2D eigenvalue weighted by Crippen LogP contribution is -2.46. The van der Waals surface area contributed by atoms with Gasteiger partial charge in [-0.25, -0.2) is 0 Å². The van der Waals surface area contributed by atoms with Crippen LogP contribution in [-0.4, -0.2) is 42.4 Å². The van der Waals surface area contributed by atoms with Crippen LogP contribution in [0, 0.1) is 0 Å². The lowest BCUT2D eigenvalue weighted by molar-refractivity contribution is -0.137. The van der Waals surface area contributed by atoms with Crippen molar-refractivity contribution in [3.63, 3.8) is 0 Å². The van der Waals surface area contributed by atoms with Gasteiger partial charge in [0.2, 0.25) is 5.91 Å². The molecule has 2 aromatic rings. The summed E-state index contributed by atoms with van der Waals surface area (Å²) in [4.78, 5) is 25.7. The third-order valence-electron chi connectivity index (χ3n) is 4.94. The van der Waals surface area contributed by atoms with E-state index in [1.807, 2.05) is 4.90 Å². The van der Waals surface area contributed by atoms with Crippen LogP contribution in [0.5, 0.6) is 0 Å². The molecule has 0 spiro atoms. The Kier molecular flexibility index (Phi) is 6.61. The topological polar surface area (TPSA) is 87.5 Å². The van der Waals surface area contributed by atoms with E-state index in [2.05, 4.69) is 10.6 Å². The van der Waals surface area contributed by atoms with E-state index in [1.54, 1.807) is 24.3 Å². The van der Waals surface area contributed by atoms with Crippen LogP contribution in [0.1, 0.15) is 28.8 Å². The Morgan fingerprint density at radius 2 is 1.77 bits per heavy atom. The maximum atomic E-state index is 13.0. The van der Waals surface area contributed by atoms with Crippen molar-refractivity contribution in [1.82, 2.24) is 10.2 Å². The molecular weight excluding hydrogens is 397 g/mol. The molecule has 0 atom stereocenters. The minimum Gasteiger partial charge on any atom is -0.369 e. The van der Waals surface area contributed by atoms with Crippen molar-refractivity contribution in [1.29, 1.82) is 0 Å². The van der Waals surface area contributed by atoms with Gasteiger partial charge in [-0.2, -0.15) is 13.2 Å². The summed E-state index contributed by atoms with van der Waals surface area (Å²) in [6.07, 6.45) is -3.08. The zero-order chi connectivity index (χ0) is 21.7. The number of amides is 2. The van der Waals surface area contributed by atoms with Crippen LogP contribution in [0.3, 0.4) is 0 Å². The van der Waals surface area contributed by atoms with Crippen molar-refractivity contribution in [2.75, 3.05) is 25.0 Å². The number of carbonyl (C=O) groups is 2. The van der Waals surface area contributed by atoms with Crippen LogP contribution in [-0.2, 0) is 11.0 Å². The molecule has 1 saturated heterocycles. The standard InChI is InChI=1S/C21H23F3N4O2/c22-21(23,24)14-4-3-5-16(12-14)26-18-7-2-1-6-17(18)20(30)27-15-8-10-28(11-9-15)13-19(25)29/h1-7,12,15,26H,8-11,13H2,(H2,25,29)(H,27,30). The Bertz CT molecular complexity index is 909. The number of nitrogens with one attached hydrogen (secondary N) is 2. The Morgan fingerprint density at radius 1 is 1.07 bits per heavy atom. The second kappa shape index (κ2) is 9.17. The number of para-hydroxylation sites is 1. The molecular formula is C21H23F3N4O2. The lowest BCUT2D eigenvalue weighted by Gasteiger charge is -2.31. The first-order chi connectivity index (χ1) is 14.2. The van der Waals surface area contributed by atoms with Crippen molar-refractivity contribution < 1.29 is 22.8 Å². The number of hydrogen-bond acceptors (Lipinski definition) is 4. The van der Waals surface area contributed by atoms with Gasteiger partial charge in [0.25, 0.3) is 5.91 Å². The van der Waals surface area contributed by atoms with Crippen LogP contribution < -0.4 is 16.4 Å². The van der Waals surface area contributed by atoms with Gasteiger partial charge in [-0.1, -0.05) is 18.2 Å². The van der Waals surface area contributed by atoms with Crippen LogP contribution in [0.15, 0.2) is 48.5 Å². The normalized spacial score (nSPS) is 15.6. The number of hydrogen-bond donors (Lipinski definition) is 3. The molecule has 1 aliphatic heterocycles. The van der Waals surface area contributed by atoms with Gasteiger partial charge in [0.1, 0.15) is 0 Å². The smallest absolute Gasteiger partial charge is 0.369 e. The number of halogens is 3. The molecule has 9 heteroatoms. The first kappa shape index (κ1) is 21.6. The maximum absolute atomic E-state index is 13.0. The summed E-state index contributed by atoms with van der Waals surface area (Å²) < 4.78 is 38.9. The number of benzene rings is 2. The minimum absolute atomic E-state index is 0.0526. The first-order valence-corrected chi connectivity index (χ1v) is 9.57. The first-order valence-electron chi connectivity index (χ1n) is 9.57. The van der Waals surface area contributed by atoms with Gasteiger partial charge in [-0.05, 0) is 43.2 Å². The molecule has 0 unspecified atom stereocenters. The highest BCUT2D eigenvalue weighted by atomic mass is 19.4. The van der Waals surface area contributed by atoms with Crippen LogP contribution in [0.25, 0.3) is 0 Å². The summed E-state index contributed by atoms with van der Waals surface area (Å²) in [6, 6.07) is 11.4. The van der Waals surface area contributed by atoms with Crippen molar-refractivity contribution in [3.05, 3.63) is 59.7 Å². The van der Waals surface area contributed by atoms with Crippen molar-refractivity contribution >= 4 is 23.2 Å². The minimum atomic E-state index is -4.45. The van der Waals surface area contributed by atoms with Crippen LogP contribution >= 0.6 is 0 Å². The molecule has 160 valence electrons. The van der Waals surface area contributed by atoms with E-state index in [9.17, 15) is 22.8 Å². The van der Waals surface area contributed by atoms with Gasteiger partial charge in [-0.15, -0.1) is 0 Å². The molecule has 0 aliphatic carbocycles. The molecule has 2 aromatic carbocycles. The summed E-state index contributed by atoms with van der Waals surface area (Å²) in [5.74, 6) is -0.689. The van der Waals surface area contributed by atoms with Crippen molar-refractivity contribution in [2.45, 2.75) is 25.1 Å². The number of anilines is 2. The van der Waals surface area contributed by atoms with E-state index in [1.165, 1.54) is 12.1 Å². The average molecular weight is 420 g/mol. The van der Waals surface area contributed by atoms with E-state index in [4.69, 9.17) is 5.73 Å². The highest BCUT2D eigenvalue weighted by Gasteiger charge is 2.30. The number of rotatable bonds is 6. The van der Waals surface area contributed by atoms with E-state index in [-0.39, 0.29) is 30.1 Å².